The predicted molar refractivity (Wildman–Crippen MR) is 76.3 cm³/mol. The number of halogens is 1. The van der Waals surface area contributed by atoms with E-state index in [1.165, 1.54) is 30.8 Å². The molecule has 108 valence electrons. The van der Waals surface area contributed by atoms with Crippen LogP contribution < -0.4 is 16.6 Å². The second-order valence-corrected chi connectivity index (χ2v) is 4.62. The summed E-state index contributed by atoms with van der Waals surface area (Å²) in [6.45, 7) is 0. The fourth-order valence-corrected chi connectivity index (χ4v) is 2.06. The topological polar surface area (TPSA) is 84.7 Å². The van der Waals surface area contributed by atoms with Crippen LogP contribution in [0.2, 0.25) is 0 Å². The van der Waals surface area contributed by atoms with Gasteiger partial charge in [0.1, 0.15) is 5.82 Å². The Morgan fingerprint density at radius 1 is 1.14 bits per heavy atom. The first kappa shape index (κ1) is 13.1. The van der Waals surface area contributed by atoms with Gasteiger partial charge in [0.2, 0.25) is 5.95 Å². The van der Waals surface area contributed by atoms with Gasteiger partial charge in [-0.1, -0.05) is 0 Å². The summed E-state index contributed by atoms with van der Waals surface area (Å²) in [5.41, 5.74) is 0.189. The van der Waals surface area contributed by atoms with Crippen LogP contribution in [-0.4, -0.2) is 19.1 Å². The van der Waals surface area contributed by atoms with Crippen molar-refractivity contribution in [1.29, 1.82) is 0 Å². The van der Waals surface area contributed by atoms with Crippen LogP contribution in [0, 0.1) is 5.82 Å². The van der Waals surface area contributed by atoms with Crippen molar-refractivity contribution in [3.63, 3.8) is 0 Å². The monoisotopic (exact) mass is 289 g/mol. The molecule has 8 heteroatoms. The van der Waals surface area contributed by atoms with E-state index >= 15 is 0 Å². The summed E-state index contributed by atoms with van der Waals surface area (Å²) in [5.74, 6) is -0.0451. The van der Waals surface area contributed by atoms with Gasteiger partial charge in [-0.25, -0.2) is 9.18 Å². The van der Waals surface area contributed by atoms with Gasteiger partial charge in [-0.3, -0.25) is 13.9 Å². The van der Waals surface area contributed by atoms with Crippen molar-refractivity contribution < 1.29 is 4.39 Å². The molecule has 0 radical (unpaired) electrons. The standard InChI is InChI=1S/C13H12FN5O2/c1-18-10-9(11(20)19(2)13(18)21)16-12(17-10)15-8-5-3-7(14)4-6-8/h3-6H,1-2H3,(H2,15,16,17). The van der Waals surface area contributed by atoms with E-state index in [0.717, 1.165) is 4.57 Å². The number of anilines is 2. The van der Waals surface area contributed by atoms with Crippen LogP contribution in [-0.2, 0) is 14.1 Å². The zero-order chi connectivity index (χ0) is 15.1. The minimum Gasteiger partial charge on any atom is -0.326 e. The van der Waals surface area contributed by atoms with E-state index in [4.69, 9.17) is 0 Å². The van der Waals surface area contributed by atoms with E-state index < -0.39 is 11.2 Å². The lowest BCUT2D eigenvalue weighted by atomic mass is 10.3. The molecule has 1 aromatic carbocycles. The summed E-state index contributed by atoms with van der Waals surface area (Å²) >= 11 is 0. The Balaban J connectivity index is 2.12. The fraction of sp³-hybridized carbons (Fsp3) is 0.154. The average molecular weight is 289 g/mol. The number of aromatic nitrogens is 4. The lowest BCUT2D eigenvalue weighted by Crippen LogP contribution is -2.36. The number of H-pyrrole nitrogens is 1. The molecule has 0 aliphatic heterocycles. The SMILES string of the molecule is Cn1c(=O)c2[nH]c(Nc3ccc(F)cc3)nc2n(C)c1=O. The van der Waals surface area contributed by atoms with Crippen molar-refractivity contribution in [3.8, 4) is 0 Å². The van der Waals surface area contributed by atoms with Crippen LogP contribution >= 0.6 is 0 Å². The molecule has 0 spiro atoms. The molecule has 0 atom stereocenters. The first-order chi connectivity index (χ1) is 9.97. The van der Waals surface area contributed by atoms with E-state index in [1.807, 2.05) is 0 Å². The zero-order valence-corrected chi connectivity index (χ0v) is 11.3. The maximum Gasteiger partial charge on any atom is 0.332 e. The van der Waals surface area contributed by atoms with Gasteiger partial charge in [0, 0.05) is 19.8 Å². The highest BCUT2D eigenvalue weighted by Gasteiger charge is 2.13. The third-order valence-corrected chi connectivity index (χ3v) is 3.20. The highest BCUT2D eigenvalue weighted by atomic mass is 19.1. The molecule has 0 aliphatic rings. The second kappa shape index (κ2) is 4.58. The molecule has 3 aromatic rings. The summed E-state index contributed by atoms with van der Waals surface area (Å²) in [5, 5.41) is 2.92. The van der Waals surface area contributed by atoms with Crippen molar-refractivity contribution in [2.75, 3.05) is 5.32 Å². The smallest absolute Gasteiger partial charge is 0.326 e. The van der Waals surface area contributed by atoms with Crippen molar-refractivity contribution >= 4 is 22.8 Å². The first-order valence-electron chi connectivity index (χ1n) is 6.15. The molecular weight excluding hydrogens is 277 g/mol. The largest absolute Gasteiger partial charge is 0.332 e. The summed E-state index contributed by atoms with van der Waals surface area (Å²) < 4.78 is 15.1. The maximum atomic E-state index is 12.9. The number of imidazole rings is 1. The van der Waals surface area contributed by atoms with Crippen molar-refractivity contribution in [2.24, 2.45) is 14.1 Å². The highest BCUT2D eigenvalue weighted by Crippen LogP contribution is 2.15. The van der Waals surface area contributed by atoms with Crippen LogP contribution in [0.1, 0.15) is 0 Å². The van der Waals surface area contributed by atoms with Crippen molar-refractivity contribution in [2.45, 2.75) is 0 Å². The van der Waals surface area contributed by atoms with Crippen molar-refractivity contribution in [1.82, 2.24) is 19.1 Å². The Labute approximate surface area is 117 Å². The molecule has 0 bridgehead atoms. The number of rotatable bonds is 2. The number of hydrogen-bond acceptors (Lipinski definition) is 4. The van der Waals surface area contributed by atoms with Crippen LogP contribution in [0.25, 0.3) is 11.2 Å². The third-order valence-electron chi connectivity index (χ3n) is 3.20. The van der Waals surface area contributed by atoms with Gasteiger partial charge in [0.25, 0.3) is 5.56 Å². The summed E-state index contributed by atoms with van der Waals surface area (Å²) in [6, 6.07) is 5.69. The molecule has 2 N–H and O–H groups in total. The molecule has 3 rings (SSSR count). The number of aryl methyl sites for hydroxylation is 1. The van der Waals surface area contributed by atoms with E-state index in [-0.39, 0.29) is 17.0 Å². The van der Waals surface area contributed by atoms with Gasteiger partial charge in [-0.2, -0.15) is 4.98 Å². The quantitative estimate of drug-likeness (QED) is 0.732. The average Bonchev–Trinajstić information content (AvgIpc) is 2.89. The molecule has 0 aliphatic carbocycles. The molecule has 7 nitrogen and oxygen atoms in total. The summed E-state index contributed by atoms with van der Waals surface area (Å²) in [7, 11) is 2.94. The van der Waals surface area contributed by atoms with Gasteiger partial charge in [0.05, 0.1) is 0 Å². The van der Waals surface area contributed by atoms with Gasteiger partial charge < -0.3 is 10.3 Å². The first-order valence-corrected chi connectivity index (χ1v) is 6.15. The lowest BCUT2D eigenvalue weighted by Gasteiger charge is -2.01. The van der Waals surface area contributed by atoms with E-state index in [9.17, 15) is 14.0 Å². The number of nitrogens with zero attached hydrogens (tertiary/aromatic N) is 3. The van der Waals surface area contributed by atoms with Gasteiger partial charge in [-0.05, 0) is 24.3 Å². The molecule has 0 fully saturated rings. The van der Waals surface area contributed by atoms with Gasteiger partial charge in [-0.15, -0.1) is 0 Å². The highest BCUT2D eigenvalue weighted by molar-refractivity contribution is 5.74. The molecule has 0 saturated carbocycles. The van der Waals surface area contributed by atoms with E-state index in [1.54, 1.807) is 12.1 Å². The maximum absolute atomic E-state index is 12.9. The number of benzene rings is 1. The number of fused-ring (bicyclic) bond motifs is 1. The van der Waals surface area contributed by atoms with Gasteiger partial charge in [0.15, 0.2) is 11.2 Å². The Kier molecular flexibility index (Phi) is 2.86. The predicted octanol–water partition coefficient (Wildman–Crippen LogP) is 0.843. The van der Waals surface area contributed by atoms with Crippen LogP contribution in [0.4, 0.5) is 16.0 Å². The number of aromatic amines is 1. The fourth-order valence-electron chi connectivity index (χ4n) is 2.06. The molecule has 2 aromatic heterocycles. The van der Waals surface area contributed by atoms with E-state index in [0.29, 0.717) is 11.6 Å². The van der Waals surface area contributed by atoms with Crippen LogP contribution in [0.15, 0.2) is 33.9 Å². The van der Waals surface area contributed by atoms with Crippen molar-refractivity contribution in [3.05, 3.63) is 50.9 Å². The second-order valence-electron chi connectivity index (χ2n) is 4.62. The Hall–Kier alpha value is -2.90. The number of hydrogen-bond donors (Lipinski definition) is 2. The normalized spacial score (nSPS) is 11.0. The molecule has 0 unspecified atom stereocenters. The third kappa shape index (κ3) is 2.10. The molecule has 2 heterocycles. The van der Waals surface area contributed by atoms with E-state index in [2.05, 4.69) is 15.3 Å². The Bertz CT molecular complexity index is 936. The van der Waals surface area contributed by atoms with Crippen LogP contribution in [0.3, 0.4) is 0 Å². The molecule has 0 saturated heterocycles. The van der Waals surface area contributed by atoms with Crippen LogP contribution in [0.5, 0.6) is 0 Å². The van der Waals surface area contributed by atoms with Gasteiger partial charge >= 0.3 is 5.69 Å². The Morgan fingerprint density at radius 3 is 2.48 bits per heavy atom. The molecular formula is C13H12FN5O2. The molecule has 21 heavy (non-hydrogen) atoms. The summed E-state index contributed by atoms with van der Waals surface area (Å²) in [6.07, 6.45) is 0. The molecule has 0 amide bonds. The number of nitrogens with one attached hydrogen (secondary N) is 2. The lowest BCUT2D eigenvalue weighted by molar-refractivity contribution is 0.628. The zero-order valence-electron chi connectivity index (χ0n) is 11.3. The Morgan fingerprint density at radius 2 is 1.81 bits per heavy atom. The minimum atomic E-state index is -0.452. The summed E-state index contributed by atoms with van der Waals surface area (Å²) in [4.78, 5) is 30.8. The minimum absolute atomic E-state index is 0.226.